The van der Waals surface area contributed by atoms with Gasteiger partial charge in [0.05, 0.1) is 24.8 Å². The highest BCUT2D eigenvalue weighted by Crippen LogP contribution is 2.32. The maximum Gasteiger partial charge on any atom is 0.163 e. The topological polar surface area (TPSA) is 43.4 Å². The van der Waals surface area contributed by atoms with Crippen LogP contribution in [0.2, 0.25) is 0 Å². The summed E-state index contributed by atoms with van der Waals surface area (Å²) in [4.78, 5) is 5.61. The molecular formula is C15H18N2O2S. The molecule has 1 aliphatic rings. The average molecular weight is 290 g/mol. The van der Waals surface area contributed by atoms with Crippen molar-refractivity contribution < 1.29 is 9.47 Å². The minimum absolute atomic E-state index is 0.713. The Hall–Kier alpha value is -1.75. The Bertz CT molecular complexity index is 583. The van der Waals surface area contributed by atoms with E-state index in [4.69, 9.17) is 9.47 Å². The van der Waals surface area contributed by atoms with Crippen LogP contribution >= 0.6 is 11.3 Å². The van der Waals surface area contributed by atoms with Crippen molar-refractivity contribution in [3.63, 3.8) is 0 Å². The molecule has 1 aromatic heterocycles. The molecule has 0 amide bonds. The number of thiazole rings is 1. The molecule has 0 saturated carbocycles. The number of nitrogens with zero attached hydrogens (tertiary/aromatic N) is 1. The first kappa shape index (κ1) is 13.2. The summed E-state index contributed by atoms with van der Waals surface area (Å²) in [7, 11) is 0. The maximum absolute atomic E-state index is 5.69. The molecule has 1 aliphatic heterocycles. The summed E-state index contributed by atoms with van der Waals surface area (Å²) in [5, 5.41) is 4.58. The lowest BCUT2D eigenvalue weighted by molar-refractivity contribution is 0.297. The zero-order valence-electron chi connectivity index (χ0n) is 11.5. The molecule has 0 aliphatic carbocycles. The standard InChI is InChI=1S/C15H18N2O2S/c1-2-15-17-10-12(20-15)9-16-11-4-5-13-14(8-11)19-7-3-6-18-13/h4-5,8,10,16H,2-3,6-7,9H2,1H3. The van der Waals surface area contributed by atoms with Gasteiger partial charge in [0.1, 0.15) is 0 Å². The molecule has 0 atom stereocenters. The van der Waals surface area contributed by atoms with Gasteiger partial charge in [0.15, 0.2) is 11.5 Å². The monoisotopic (exact) mass is 290 g/mol. The summed E-state index contributed by atoms with van der Waals surface area (Å²) in [5.41, 5.74) is 1.04. The lowest BCUT2D eigenvalue weighted by Gasteiger charge is -2.10. The van der Waals surface area contributed by atoms with E-state index in [1.165, 1.54) is 9.88 Å². The van der Waals surface area contributed by atoms with Crippen LogP contribution in [0.1, 0.15) is 23.2 Å². The fourth-order valence-corrected chi connectivity index (χ4v) is 2.86. The molecule has 2 heterocycles. The van der Waals surface area contributed by atoms with E-state index >= 15 is 0 Å². The first-order chi connectivity index (χ1) is 9.85. The fraction of sp³-hybridized carbons (Fsp3) is 0.400. The molecule has 3 rings (SSSR count). The Morgan fingerprint density at radius 2 is 2.10 bits per heavy atom. The van der Waals surface area contributed by atoms with Crippen LogP contribution in [0.3, 0.4) is 0 Å². The van der Waals surface area contributed by atoms with Crippen LogP contribution in [0.4, 0.5) is 5.69 Å². The van der Waals surface area contributed by atoms with Crippen molar-refractivity contribution in [3.8, 4) is 11.5 Å². The highest BCUT2D eigenvalue weighted by atomic mass is 32.1. The predicted molar refractivity (Wildman–Crippen MR) is 80.9 cm³/mol. The lowest BCUT2D eigenvalue weighted by atomic mass is 10.2. The van der Waals surface area contributed by atoms with Crippen molar-refractivity contribution in [2.75, 3.05) is 18.5 Å². The number of fused-ring (bicyclic) bond motifs is 1. The first-order valence-electron chi connectivity index (χ1n) is 6.92. The van der Waals surface area contributed by atoms with Crippen molar-refractivity contribution in [1.82, 2.24) is 4.98 Å². The second-order valence-electron chi connectivity index (χ2n) is 4.64. The number of anilines is 1. The highest BCUT2D eigenvalue weighted by molar-refractivity contribution is 7.11. The van der Waals surface area contributed by atoms with Gasteiger partial charge in [0, 0.05) is 29.2 Å². The van der Waals surface area contributed by atoms with Crippen LogP contribution in [-0.2, 0) is 13.0 Å². The zero-order valence-corrected chi connectivity index (χ0v) is 12.3. The Morgan fingerprint density at radius 1 is 1.25 bits per heavy atom. The molecule has 4 nitrogen and oxygen atoms in total. The Labute approximate surface area is 122 Å². The molecular weight excluding hydrogens is 272 g/mol. The molecule has 2 aromatic rings. The number of benzene rings is 1. The third kappa shape index (κ3) is 3.04. The maximum atomic E-state index is 5.69. The lowest BCUT2D eigenvalue weighted by Crippen LogP contribution is -1.99. The molecule has 0 fully saturated rings. The highest BCUT2D eigenvalue weighted by Gasteiger charge is 2.10. The molecule has 0 spiro atoms. The van der Waals surface area contributed by atoms with E-state index in [0.717, 1.165) is 43.2 Å². The third-order valence-corrected chi connectivity index (χ3v) is 4.26. The van der Waals surface area contributed by atoms with Gasteiger partial charge in [-0.05, 0) is 18.6 Å². The molecule has 1 N–H and O–H groups in total. The first-order valence-corrected chi connectivity index (χ1v) is 7.74. The second-order valence-corrected chi connectivity index (χ2v) is 5.84. The van der Waals surface area contributed by atoms with Crippen molar-refractivity contribution in [2.24, 2.45) is 0 Å². The van der Waals surface area contributed by atoms with Crippen LogP contribution in [0, 0.1) is 0 Å². The average Bonchev–Trinajstić information content (AvgIpc) is 2.82. The summed E-state index contributed by atoms with van der Waals surface area (Å²) in [6, 6.07) is 5.99. The molecule has 0 bridgehead atoms. The Kier molecular flexibility index (Phi) is 4.06. The largest absolute Gasteiger partial charge is 0.490 e. The van der Waals surface area contributed by atoms with Gasteiger partial charge < -0.3 is 14.8 Å². The van der Waals surface area contributed by atoms with E-state index < -0.39 is 0 Å². The number of aromatic nitrogens is 1. The molecule has 20 heavy (non-hydrogen) atoms. The van der Waals surface area contributed by atoms with Gasteiger partial charge in [-0.3, -0.25) is 0 Å². The Morgan fingerprint density at radius 3 is 2.90 bits per heavy atom. The van der Waals surface area contributed by atoms with Gasteiger partial charge in [0.25, 0.3) is 0 Å². The van der Waals surface area contributed by atoms with E-state index in [1.807, 2.05) is 24.4 Å². The van der Waals surface area contributed by atoms with Crippen molar-refractivity contribution in [2.45, 2.75) is 26.3 Å². The number of ether oxygens (including phenoxy) is 2. The van der Waals surface area contributed by atoms with Crippen LogP contribution in [0.25, 0.3) is 0 Å². The molecule has 5 heteroatoms. The van der Waals surface area contributed by atoms with Crippen LogP contribution in [0.15, 0.2) is 24.4 Å². The number of hydrogen-bond acceptors (Lipinski definition) is 5. The number of aryl methyl sites for hydroxylation is 1. The summed E-state index contributed by atoms with van der Waals surface area (Å²) in [5.74, 6) is 1.66. The predicted octanol–water partition coefficient (Wildman–Crippen LogP) is 3.48. The zero-order chi connectivity index (χ0) is 13.8. The summed E-state index contributed by atoms with van der Waals surface area (Å²) in [6.07, 6.45) is 3.87. The van der Waals surface area contributed by atoms with E-state index in [1.54, 1.807) is 11.3 Å². The number of hydrogen-bond donors (Lipinski definition) is 1. The minimum Gasteiger partial charge on any atom is -0.490 e. The molecule has 0 radical (unpaired) electrons. The van der Waals surface area contributed by atoms with E-state index in [9.17, 15) is 0 Å². The van der Waals surface area contributed by atoms with Gasteiger partial charge in [-0.1, -0.05) is 6.92 Å². The van der Waals surface area contributed by atoms with E-state index in [-0.39, 0.29) is 0 Å². The van der Waals surface area contributed by atoms with Crippen LogP contribution in [-0.4, -0.2) is 18.2 Å². The van der Waals surface area contributed by atoms with Crippen molar-refractivity contribution in [1.29, 1.82) is 0 Å². The fourth-order valence-electron chi connectivity index (χ4n) is 2.06. The normalized spacial score (nSPS) is 13.8. The van der Waals surface area contributed by atoms with Gasteiger partial charge in [-0.15, -0.1) is 11.3 Å². The van der Waals surface area contributed by atoms with Gasteiger partial charge in [0.2, 0.25) is 0 Å². The molecule has 106 valence electrons. The molecule has 0 unspecified atom stereocenters. The van der Waals surface area contributed by atoms with Crippen molar-refractivity contribution in [3.05, 3.63) is 34.3 Å². The van der Waals surface area contributed by atoms with Gasteiger partial charge in [-0.2, -0.15) is 0 Å². The van der Waals surface area contributed by atoms with E-state index in [2.05, 4.69) is 17.2 Å². The summed E-state index contributed by atoms with van der Waals surface area (Å²) in [6.45, 7) is 4.35. The second kappa shape index (κ2) is 6.13. The van der Waals surface area contributed by atoms with Crippen LogP contribution < -0.4 is 14.8 Å². The van der Waals surface area contributed by atoms with E-state index in [0.29, 0.717) is 6.61 Å². The van der Waals surface area contributed by atoms with Crippen molar-refractivity contribution >= 4 is 17.0 Å². The summed E-state index contributed by atoms with van der Waals surface area (Å²) < 4.78 is 11.3. The Balaban J connectivity index is 1.67. The van der Waals surface area contributed by atoms with Gasteiger partial charge in [-0.25, -0.2) is 4.98 Å². The minimum atomic E-state index is 0.713. The number of nitrogens with one attached hydrogen (secondary N) is 1. The molecule has 0 saturated heterocycles. The number of rotatable bonds is 4. The smallest absolute Gasteiger partial charge is 0.163 e. The SMILES string of the molecule is CCc1ncc(CNc2ccc3c(c2)OCCCO3)s1. The molecule has 1 aromatic carbocycles. The van der Waals surface area contributed by atoms with Gasteiger partial charge >= 0.3 is 0 Å². The quantitative estimate of drug-likeness (QED) is 0.936. The van der Waals surface area contributed by atoms with Crippen LogP contribution in [0.5, 0.6) is 11.5 Å². The summed E-state index contributed by atoms with van der Waals surface area (Å²) >= 11 is 1.75. The third-order valence-electron chi connectivity index (χ3n) is 3.12.